The van der Waals surface area contributed by atoms with Gasteiger partial charge in [-0.3, -0.25) is 9.80 Å². The van der Waals surface area contributed by atoms with Crippen LogP contribution in [0, 0.1) is 11.8 Å². The molecule has 0 amide bonds. The molecule has 0 spiro atoms. The molecule has 0 N–H and O–H groups in total. The molecule has 6 heteroatoms. The maximum atomic E-state index is 5.62. The second-order valence-corrected chi connectivity index (χ2v) is 12.0. The standard InChI is InChI=1S/2C17H25NO2/c2*1-4-8-18-9-7-13-10-14-12(11-15(13)18)5-6-16(19-2)17(14)20-3/h2*5-6,13,15H,4,7-11H2,1-3H3/t2*13-,15?/m11/s1. The van der Waals surface area contributed by atoms with Gasteiger partial charge in [0, 0.05) is 23.2 Å². The predicted molar refractivity (Wildman–Crippen MR) is 161 cm³/mol. The Bertz CT molecular complexity index is 1060. The van der Waals surface area contributed by atoms with Crippen LogP contribution in [-0.2, 0) is 25.7 Å². The first-order chi connectivity index (χ1) is 19.6. The maximum absolute atomic E-state index is 5.62. The van der Waals surface area contributed by atoms with Crippen LogP contribution in [0.4, 0.5) is 0 Å². The van der Waals surface area contributed by atoms with Gasteiger partial charge in [-0.2, -0.15) is 0 Å². The highest BCUT2D eigenvalue weighted by molar-refractivity contribution is 5.53. The van der Waals surface area contributed by atoms with Gasteiger partial charge in [-0.25, -0.2) is 0 Å². The summed E-state index contributed by atoms with van der Waals surface area (Å²) in [6.45, 7) is 9.55. The molecule has 2 heterocycles. The van der Waals surface area contributed by atoms with E-state index in [-0.39, 0.29) is 0 Å². The number of rotatable bonds is 8. The molecule has 220 valence electrons. The third kappa shape index (κ3) is 5.54. The molecule has 2 aromatic carbocycles. The minimum Gasteiger partial charge on any atom is -0.493 e. The van der Waals surface area contributed by atoms with Crippen LogP contribution in [0.3, 0.4) is 0 Å². The highest BCUT2D eigenvalue weighted by Gasteiger charge is 2.40. The molecule has 40 heavy (non-hydrogen) atoms. The number of benzene rings is 2. The van der Waals surface area contributed by atoms with Crippen LogP contribution in [0.5, 0.6) is 23.0 Å². The first-order valence-corrected chi connectivity index (χ1v) is 15.5. The molecule has 0 aromatic heterocycles. The minimum atomic E-state index is 0.737. The van der Waals surface area contributed by atoms with Gasteiger partial charge in [0.25, 0.3) is 0 Å². The highest BCUT2D eigenvalue weighted by Crippen LogP contribution is 2.44. The summed E-state index contributed by atoms with van der Waals surface area (Å²) >= 11 is 0. The van der Waals surface area contributed by atoms with Crippen molar-refractivity contribution in [2.24, 2.45) is 11.8 Å². The monoisotopic (exact) mass is 550 g/mol. The summed E-state index contributed by atoms with van der Waals surface area (Å²) in [6, 6.07) is 10.0. The van der Waals surface area contributed by atoms with Gasteiger partial charge in [0.15, 0.2) is 23.0 Å². The Morgan fingerprint density at radius 1 is 0.600 bits per heavy atom. The van der Waals surface area contributed by atoms with Crippen molar-refractivity contribution < 1.29 is 18.9 Å². The molecule has 0 saturated carbocycles. The van der Waals surface area contributed by atoms with E-state index in [9.17, 15) is 0 Å². The smallest absolute Gasteiger partial charge is 0.164 e. The van der Waals surface area contributed by atoms with E-state index in [1.807, 2.05) is 0 Å². The lowest BCUT2D eigenvalue weighted by Crippen LogP contribution is -2.38. The van der Waals surface area contributed by atoms with Crippen LogP contribution in [0.2, 0.25) is 0 Å². The van der Waals surface area contributed by atoms with E-state index in [1.54, 1.807) is 28.4 Å². The third-order valence-electron chi connectivity index (χ3n) is 9.90. The number of hydrogen-bond donors (Lipinski definition) is 0. The molecular weight excluding hydrogens is 500 g/mol. The second-order valence-electron chi connectivity index (χ2n) is 12.0. The van der Waals surface area contributed by atoms with E-state index in [0.717, 1.165) is 59.8 Å². The number of fused-ring (bicyclic) bond motifs is 4. The van der Waals surface area contributed by atoms with E-state index in [2.05, 4.69) is 47.9 Å². The van der Waals surface area contributed by atoms with E-state index < -0.39 is 0 Å². The zero-order chi connectivity index (χ0) is 28.2. The second kappa shape index (κ2) is 13.0. The number of nitrogens with zero attached hydrogens (tertiary/aromatic N) is 2. The van der Waals surface area contributed by atoms with Crippen molar-refractivity contribution in [3.63, 3.8) is 0 Å². The topological polar surface area (TPSA) is 43.4 Å². The molecule has 2 aliphatic carbocycles. The van der Waals surface area contributed by atoms with Gasteiger partial charge in [0.2, 0.25) is 0 Å². The number of likely N-dealkylation sites (tertiary alicyclic amines) is 2. The number of methoxy groups -OCH3 is 4. The van der Waals surface area contributed by atoms with Gasteiger partial charge in [0.05, 0.1) is 28.4 Å². The average Bonchev–Trinajstić information content (AvgIpc) is 3.57. The van der Waals surface area contributed by atoms with Crippen LogP contribution < -0.4 is 18.9 Å². The molecule has 4 atom stereocenters. The van der Waals surface area contributed by atoms with Gasteiger partial charge in [-0.15, -0.1) is 0 Å². The first kappa shape index (κ1) is 29.1. The Balaban J connectivity index is 0.000000161. The minimum absolute atomic E-state index is 0.737. The highest BCUT2D eigenvalue weighted by atomic mass is 16.5. The summed E-state index contributed by atoms with van der Waals surface area (Å²) < 4.78 is 22.1. The van der Waals surface area contributed by atoms with Crippen LogP contribution >= 0.6 is 0 Å². The molecule has 2 fully saturated rings. The Morgan fingerprint density at radius 3 is 1.38 bits per heavy atom. The molecule has 4 aliphatic rings. The van der Waals surface area contributed by atoms with Crippen LogP contribution in [0.15, 0.2) is 24.3 Å². The van der Waals surface area contributed by atoms with Gasteiger partial charge in [-0.05, 0) is 113 Å². The lowest BCUT2D eigenvalue weighted by Gasteiger charge is -2.34. The van der Waals surface area contributed by atoms with Gasteiger partial charge in [0.1, 0.15) is 0 Å². The Hall–Kier alpha value is -2.44. The summed E-state index contributed by atoms with van der Waals surface area (Å²) in [5.74, 6) is 5.22. The lowest BCUT2D eigenvalue weighted by atomic mass is 9.80. The molecule has 2 aliphatic heterocycles. The molecule has 2 saturated heterocycles. The molecule has 6 nitrogen and oxygen atoms in total. The van der Waals surface area contributed by atoms with Crippen molar-refractivity contribution in [3.8, 4) is 23.0 Å². The van der Waals surface area contributed by atoms with E-state index in [0.29, 0.717) is 0 Å². The van der Waals surface area contributed by atoms with Gasteiger partial charge >= 0.3 is 0 Å². The largest absolute Gasteiger partial charge is 0.493 e. The van der Waals surface area contributed by atoms with E-state index in [1.165, 1.54) is 87.0 Å². The normalized spacial score (nSPS) is 25.1. The molecular formula is C34H50N2O4. The van der Waals surface area contributed by atoms with Crippen LogP contribution in [0.1, 0.15) is 61.8 Å². The van der Waals surface area contributed by atoms with Crippen molar-refractivity contribution in [3.05, 3.63) is 46.5 Å². The summed E-state index contributed by atoms with van der Waals surface area (Å²) in [5.41, 5.74) is 5.66. The summed E-state index contributed by atoms with van der Waals surface area (Å²) in [7, 11) is 6.94. The fourth-order valence-electron chi connectivity index (χ4n) is 8.04. The molecule has 2 aromatic rings. The number of hydrogen-bond acceptors (Lipinski definition) is 6. The predicted octanol–water partition coefficient (Wildman–Crippen LogP) is 5.81. The Labute approximate surface area is 241 Å². The van der Waals surface area contributed by atoms with E-state index >= 15 is 0 Å². The quantitative estimate of drug-likeness (QED) is 0.414. The average molecular weight is 551 g/mol. The summed E-state index contributed by atoms with van der Waals surface area (Å²) in [5, 5.41) is 0. The van der Waals surface area contributed by atoms with Gasteiger partial charge < -0.3 is 18.9 Å². The fourth-order valence-corrected chi connectivity index (χ4v) is 8.04. The maximum Gasteiger partial charge on any atom is 0.164 e. The fraction of sp³-hybridized carbons (Fsp3) is 0.647. The molecule has 0 radical (unpaired) electrons. The van der Waals surface area contributed by atoms with Crippen molar-refractivity contribution in [1.82, 2.24) is 9.80 Å². The van der Waals surface area contributed by atoms with Crippen molar-refractivity contribution >= 4 is 0 Å². The van der Waals surface area contributed by atoms with Crippen molar-refractivity contribution in [1.29, 1.82) is 0 Å². The summed E-state index contributed by atoms with van der Waals surface area (Å²) in [6.07, 6.45) is 9.76. The molecule has 6 rings (SSSR count). The SMILES string of the molecule is CCCN1CC[C@@H]2Cc3c(ccc(OC)c3OC)CC21.CCCN1CC[C@@H]2Cc3c(ccc(OC)c3OC)CC21. The zero-order valence-corrected chi connectivity index (χ0v) is 25.6. The zero-order valence-electron chi connectivity index (χ0n) is 25.6. The number of ether oxygens (including phenoxy) is 4. The Morgan fingerprint density at radius 2 is 1.02 bits per heavy atom. The van der Waals surface area contributed by atoms with Crippen LogP contribution in [0.25, 0.3) is 0 Å². The van der Waals surface area contributed by atoms with Crippen molar-refractivity contribution in [2.75, 3.05) is 54.6 Å². The lowest BCUT2D eigenvalue weighted by molar-refractivity contribution is 0.214. The van der Waals surface area contributed by atoms with Gasteiger partial charge in [-0.1, -0.05) is 26.0 Å². The van der Waals surface area contributed by atoms with E-state index in [4.69, 9.17) is 18.9 Å². The van der Waals surface area contributed by atoms with Crippen molar-refractivity contribution in [2.45, 2.75) is 77.3 Å². The molecule has 2 unspecified atom stereocenters. The first-order valence-electron chi connectivity index (χ1n) is 15.5. The van der Waals surface area contributed by atoms with Crippen LogP contribution in [-0.4, -0.2) is 76.5 Å². The summed E-state index contributed by atoms with van der Waals surface area (Å²) in [4.78, 5) is 5.37. The third-order valence-corrected chi connectivity index (χ3v) is 9.90. The Kier molecular flexibility index (Phi) is 9.47. The molecule has 0 bridgehead atoms.